The van der Waals surface area contributed by atoms with Gasteiger partial charge in [0.15, 0.2) is 0 Å². The Kier molecular flexibility index (Phi) is 2.43. The molecule has 0 aromatic carbocycles. The molecule has 0 rings (SSSR count). The maximum absolute atomic E-state index is 5.22. The van der Waals surface area contributed by atoms with Gasteiger partial charge in [-0.3, -0.25) is 0 Å². The number of hydrogen-bond acceptors (Lipinski definition) is 0. The van der Waals surface area contributed by atoms with Gasteiger partial charge in [-0.15, -0.1) is 0 Å². The molecule has 0 amide bonds. The van der Waals surface area contributed by atoms with Crippen LogP contribution in [0.25, 0.3) is 0 Å². The molecular weight excluding hydrogens is 197 g/mol. The van der Waals surface area contributed by atoms with Crippen LogP contribution in [0.5, 0.6) is 0 Å². The molecule has 0 spiro atoms. The number of rotatable bonds is 0. The SMILES string of the molecule is C[Se](Cl)(Cl)Cl. The predicted molar refractivity (Wildman–Crippen MR) is 29.2 cm³/mol. The van der Waals surface area contributed by atoms with Crippen LogP contribution in [0.15, 0.2) is 0 Å². The van der Waals surface area contributed by atoms with Crippen LogP contribution in [0.1, 0.15) is 0 Å². The quantitative estimate of drug-likeness (QED) is 0.526. The molecule has 0 radical (unpaired) electrons. The van der Waals surface area contributed by atoms with Gasteiger partial charge >= 0.3 is 46.2 Å². The molecule has 0 aliphatic heterocycles. The molecule has 34 valence electrons. The van der Waals surface area contributed by atoms with E-state index in [0.29, 0.717) is 0 Å². The van der Waals surface area contributed by atoms with Crippen molar-refractivity contribution in [1.82, 2.24) is 0 Å². The number of hydrogen-bond donors (Lipinski definition) is 0. The van der Waals surface area contributed by atoms with Crippen LogP contribution in [0.4, 0.5) is 0 Å². The van der Waals surface area contributed by atoms with Crippen LogP contribution in [0.3, 0.4) is 0 Å². The zero-order chi connectivity index (χ0) is 4.50. The van der Waals surface area contributed by atoms with Crippen LogP contribution < -0.4 is 0 Å². The first-order valence-corrected chi connectivity index (χ1v) is 9.34. The van der Waals surface area contributed by atoms with Crippen molar-refractivity contribution in [3.05, 3.63) is 0 Å². The van der Waals surface area contributed by atoms with Crippen LogP contribution in [-0.2, 0) is 0 Å². The molecule has 0 saturated carbocycles. The molecule has 0 aromatic rings. The second-order valence-electron chi connectivity index (χ2n) is 0.638. The van der Waals surface area contributed by atoms with E-state index in [1.807, 2.05) is 0 Å². The zero-order valence-corrected chi connectivity index (χ0v) is 6.52. The van der Waals surface area contributed by atoms with Crippen molar-refractivity contribution in [3.8, 4) is 0 Å². The van der Waals surface area contributed by atoms with Gasteiger partial charge in [-0.1, -0.05) is 0 Å². The van der Waals surface area contributed by atoms with Gasteiger partial charge in [0.25, 0.3) is 0 Å². The first-order valence-electron chi connectivity index (χ1n) is 0.871. The third kappa shape index (κ3) is 32.1. The Morgan fingerprint density at radius 2 is 1.20 bits per heavy atom. The summed E-state index contributed by atoms with van der Waals surface area (Å²) >= 11 is 0. The summed E-state index contributed by atoms with van der Waals surface area (Å²) in [4.78, 5) is 0. The first-order chi connectivity index (χ1) is 2.00. The van der Waals surface area contributed by atoms with E-state index >= 15 is 0 Å². The van der Waals surface area contributed by atoms with E-state index in [2.05, 4.69) is 0 Å². The Morgan fingerprint density at radius 3 is 1.20 bits per heavy atom. The van der Waals surface area contributed by atoms with E-state index in [1.54, 1.807) is 5.82 Å². The van der Waals surface area contributed by atoms with Crippen molar-refractivity contribution >= 4 is 40.4 Å². The summed E-state index contributed by atoms with van der Waals surface area (Å²) in [6.45, 7) is 0. The monoisotopic (exact) mass is 200 g/mol. The van der Waals surface area contributed by atoms with Crippen LogP contribution >= 0.6 is 30.3 Å². The molecule has 0 atom stereocenters. The normalized spacial score (nSPS) is 15.2. The fourth-order valence-electron chi connectivity index (χ4n) is 0. The summed E-state index contributed by atoms with van der Waals surface area (Å²) in [5.41, 5.74) is 0. The molecule has 0 heterocycles. The van der Waals surface area contributed by atoms with Crippen LogP contribution in [0.2, 0.25) is 5.82 Å². The fraction of sp³-hybridized carbons (Fsp3) is 1.00. The van der Waals surface area contributed by atoms with Gasteiger partial charge in [0.1, 0.15) is 0 Å². The van der Waals surface area contributed by atoms with Gasteiger partial charge in [-0.05, 0) is 0 Å². The molecule has 4 heteroatoms. The van der Waals surface area contributed by atoms with Crippen molar-refractivity contribution in [2.24, 2.45) is 0 Å². The van der Waals surface area contributed by atoms with E-state index in [-0.39, 0.29) is 0 Å². The summed E-state index contributed by atoms with van der Waals surface area (Å²) in [5.74, 6) is 1.64. The van der Waals surface area contributed by atoms with Crippen molar-refractivity contribution in [2.75, 3.05) is 0 Å². The minimum absolute atomic E-state index is 1.64. The van der Waals surface area contributed by atoms with Gasteiger partial charge < -0.3 is 0 Å². The van der Waals surface area contributed by atoms with Crippen molar-refractivity contribution in [2.45, 2.75) is 5.82 Å². The van der Waals surface area contributed by atoms with Crippen molar-refractivity contribution in [3.63, 3.8) is 0 Å². The standard InChI is InChI=1S/CH3Cl3Se/c1-5(2,3)4/h1H3. The van der Waals surface area contributed by atoms with Gasteiger partial charge in [-0.2, -0.15) is 0 Å². The summed E-state index contributed by atoms with van der Waals surface area (Å²) in [7, 11) is 13.3. The Balaban J connectivity index is 3.02. The average Bonchev–Trinajstić information content (AvgIpc) is 0.722. The van der Waals surface area contributed by atoms with E-state index < -0.39 is 10.1 Å². The molecular formula is CH3Cl3Se. The Morgan fingerprint density at radius 1 is 1.20 bits per heavy atom. The molecule has 0 N–H and O–H groups in total. The summed E-state index contributed by atoms with van der Waals surface area (Å²) in [5, 5.41) is 0. The predicted octanol–water partition coefficient (Wildman–Crippen LogP) is 2.27. The zero-order valence-electron chi connectivity index (χ0n) is 2.54. The second-order valence-corrected chi connectivity index (χ2v) is 15.4. The summed E-state index contributed by atoms with van der Waals surface area (Å²) in [6.07, 6.45) is 0. The Bertz CT molecular complexity index is 22.4. The van der Waals surface area contributed by atoms with Gasteiger partial charge in [-0.25, -0.2) is 0 Å². The molecule has 0 fully saturated rings. The molecule has 0 bridgehead atoms. The fourth-order valence-corrected chi connectivity index (χ4v) is 0. The Labute approximate surface area is 46.3 Å². The number of halogens is 3. The van der Waals surface area contributed by atoms with Crippen LogP contribution in [0, 0.1) is 0 Å². The minimum atomic E-state index is -2.33. The van der Waals surface area contributed by atoms with E-state index in [4.69, 9.17) is 30.3 Å². The molecule has 0 nitrogen and oxygen atoms in total. The molecule has 0 aromatic heterocycles. The van der Waals surface area contributed by atoms with Crippen molar-refractivity contribution in [1.29, 1.82) is 0 Å². The average molecular weight is 200 g/mol. The topological polar surface area (TPSA) is 0 Å². The van der Waals surface area contributed by atoms with E-state index in [0.717, 1.165) is 0 Å². The molecule has 0 unspecified atom stereocenters. The summed E-state index contributed by atoms with van der Waals surface area (Å²) < 4.78 is 0. The molecule has 0 aliphatic carbocycles. The van der Waals surface area contributed by atoms with E-state index in [1.165, 1.54) is 0 Å². The van der Waals surface area contributed by atoms with Crippen molar-refractivity contribution < 1.29 is 0 Å². The third-order valence-electron chi connectivity index (χ3n) is 0. The van der Waals surface area contributed by atoms with Gasteiger partial charge in [0, 0.05) is 0 Å². The first kappa shape index (κ1) is 6.39. The third-order valence-corrected chi connectivity index (χ3v) is 0. The Hall–Kier alpha value is 1.39. The second kappa shape index (κ2) is 1.90. The summed E-state index contributed by atoms with van der Waals surface area (Å²) in [6, 6.07) is 0. The van der Waals surface area contributed by atoms with Gasteiger partial charge in [0.05, 0.1) is 0 Å². The van der Waals surface area contributed by atoms with Gasteiger partial charge in [0.2, 0.25) is 0 Å². The molecule has 0 saturated heterocycles. The molecule has 0 aliphatic rings. The molecule has 5 heavy (non-hydrogen) atoms. The van der Waals surface area contributed by atoms with E-state index in [9.17, 15) is 0 Å². The maximum atomic E-state index is 5.22. The van der Waals surface area contributed by atoms with Crippen LogP contribution in [-0.4, -0.2) is 10.1 Å².